The van der Waals surface area contributed by atoms with E-state index >= 15 is 0 Å². The predicted molar refractivity (Wildman–Crippen MR) is 98.0 cm³/mol. The highest BCUT2D eigenvalue weighted by Gasteiger charge is 2.24. The zero-order valence-corrected chi connectivity index (χ0v) is 15.1. The minimum atomic E-state index is -0.897. The summed E-state index contributed by atoms with van der Waals surface area (Å²) in [7, 11) is 1.35. The Kier molecular flexibility index (Phi) is 4.81. The monoisotopic (exact) mass is 401 g/mol. The van der Waals surface area contributed by atoms with Crippen LogP contribution in [0.4, 0.5) is 4.39 Å². The number of hydrogen-bond donors (Lipinski definition) is 1. The second kappa shape index (κ2) is 7.56. The number of oxime groups is 1. The van der Waals surface area contributed by atoms with Crippen LogP contribution in [0.5, 0.6) is 5.75 Å². The lowest BCUT2D eigenvalue weighted by molar-refractivity contribution is 0.203. The fraction of sp³-hybridized carbons (Fsp3) is 0.118. The summed E-state index contributed by atoms with van der Waals surface area (Å²) < 4.78 is 26.0. The molecule has 3 aromatic heterocycles. The molecule has 11 heteroatoms. The number of fused-ring (bicyclic) bond motifs is 1. The first-order valence-corrected chi connectivity index (χ1v) is 8.73. The van der Waals surface area contributed by atoms with Gasteiger partial charge in [0, 0.05) is 5.56 Å². The number of H-pyrrole nitrogens is 1. The number of rotatable bonds is 6. The van der Waals surface area contributed by atoms with Gasteiger partial charge in [-0.15, -0.1) is 10.2 Å². The van der Waals surface area contributed by atoms with E-state index < -0.39 is 11.9 Å². The van der Waals surface area contributed by atoms with Crippen LogP contribution in [0, 0.1) is 5.82 Å². The highest BCUT2D eigenvalue weighted by atomic mass is 32.1. The molecule has 3 heterocycles. The van der Waals surface area contributed by atoms with Crippen molar-refractivity contribution in [3.05, 3.63) is 69.5 Å². The molecule has 0 aliphatic carbocycles. The van der Waals surface area contributed by atoms with Gasteiger partial charge in [0.2, 0.25) is 12.5 Å². The van der Waals surface area contributed by atoms with Gasteiger partial charge in [0.25, 0.3) is 5.89 Å². The van der Waals surface area contributed by atoms with Crippen LogP contribution < -0.4 is 9.61 Å². The molecule has 1 N–H and O–H groups in total. The molecule has 1 aromatic carbocycles. The van der Waals surface area contributed by atoms with Crippen molar-refractivity contribution >= 4 is 27.8 Å². The number of pyridine rings is 1. The fourth-order valence-corrected chi connectivity index (χ4v) is 3.26. The van der Waals surface area contributed by atoms with E-state index in [1.54, 1.807) is 18.2 Å². The first-order valence-electron chi connectivity index (χ1n) is 7.91. The third-order valence-electron chi connectivity index (χ3n) is 3.72. The summed E-state index contributed by atoms with van der Waals surface area (Å²) in [6.07, 6.45) is 2.52. The second-order valence-electron chi connectivity index (χ2n) is 5.50. The summed E-state index contributed by atoms with van der Waals surface area (Å²) in [4.78, 5) is 22.7. The van der Waals surface area contributed by atoms with Crippen molar-refractivity contribution in [2.24, 2.45) is 5.16 Å². The highest BCUT2D eigenvalue weighted by molar-refractivity contribution is 7.16. The van der Waals surface area contributed by atoms with E-state index in [9.17, 15) is 9.18 Å². The van der Waals surface area contributed by atoms with Crippen molar-refractivity contribution in [2.75, 3.05) is 7.11 Å². The van der Waals surface area contributed by atoms with Gasteiger partial charge in [-0.05, 0) is 24.3 Å². The number of ether oxygens (including phenoxy) is 1. The topological polar surface area (TPSA) is 115 Å². The normalized spacial score (nSPS) is 12.5. The van der Waals surface area contributed by atoms with Crippen molar-refractivity contribution in [1.82, 2.24) is 20.2 Å². The van der Waals surface area contributed by atoms with E-state index in [2.05, 4.69) is 30.2 Å². The third kappa shape index (κ3) is 3.60. The van der Waals surface area contributed by atoms with Crippen LogP contribution in [0.15, 0.2) is 51.2 Å². The molecule has 9 nitrogen and oxygen atoms in total. The number of thiazole rings is 1. The van der Waals surface area contributed by atoms with Crippen molar-refractivity contribution in [1.29, 1.82) is 0 Å². The first-order chi connectivity index (χ1) is 13.6. The molecule has 0 saturated heterocycles. The van der Waals surface area contributed by atoms with Gasteiger partial charge in [0.15, 0.2) is 0 Å². The van der Waals surface area contributed by atoms with Crippen LogP contribution in [-0.2, 0) is 4.84 Å². The van der Waals surface area contributed by atoms with Crippen LogP contribution in [0.2, 0.25) is 0 Å². The van der Waals surface area contributed by atoms with Crippen molar-refractivity contribution < 1.29 is 18.4 Å². The molecule has 1 atom stereocenters. The number of nitrogens with one attached hydrogen (secondary N) is 1. The molecule has 0 aliphatic rings. The maximum Gasteiger partial charge on any atom is 0.305 e. The summed E-state index contributed by atoms with van der Waals surface area (Å²) in [5.41, 5.74) is 1.18. The van der Waals surface area contributed by atoms with Gasteiger partial charge in [0.05, 0.1) is 28.3 Å². The predicted octanol–water partition coefficient (Wildman–Crippen LogP) is 2.66. The third-order valence-corrected chi connectivity index (χ3v) is 4.56. The van der Waals surface area contributed by atoms with Crippen LogP contribution >= 0.6 is 11.3 Å². The van der Waals surface area contributed by atoms with Crippen LogP contribution in [0.3, 0.4) is 0 Å². The Morgan fingerprint density at radius 1 is 1.39 bits per heavy atom. The molecular weight excluding hydrogens is 389 g/mol. The van der Waals surface area contributed by atoms with Gasteiger partial charge in [-0.3, -0.25) is 9.78 Å². The van der Waals surface area contributed by atoms with Crippen molar-refractivity contribution in [3.63, 3.8) is 0 Å². The Hall–Kier alpha value is -3.60. The Balaban J connectivity index is 1.73. The number of halogens is 1. The molecule has 28 heavy (non-hydrogen) atoms. The molecule has 0 amide bonds. The molecule has 0 radical (unpaired) electrons. The number of aromatic amines is 1. The van der Waals surface area contributed by atoms with Gasteiger partial charge in [-0.2, -0.15) is 0 Å². The number of nitrogens with zero attached hydrogens (tertiary/aromatic N) is 4. The first kappa shape index (κ1) is 17.8. The van der Waals surface area contributed by atoms with E-state index in [0.29, 0.717) is 17.0 Å². The standard InChI is InChI=1S/C17H12FN5O4S/c1-25-21-6-9-4-13(19-7-11(9)18)15(16-23-20-8-26-16)27-10-2-3-12-14(5-10)28-17(24)22-12/h2-8,15H,1H3,(H,22,24)/b21-6+. The second-order valence-corrected chi connectivity index (χ2v) is 6.51. The minimum absolute atomic E-state index is 0.135. The lowest BCUT2D eigenvalue weighted by Crippen LogP contribution is -2.13. The smallest absolute Gasteiger partial charge is 0.305 e. The molecule has 142 valence electrons. The number of hydrogen-bond acceptors (Lipinski definition) is 9. The molecule has 0 aliphatic heterocycles. The number of benzene rings is 1. The molecule has 0 bridgehead atoms. The molecule has 0 saturated carbocycles. The lowest BCUT2D eigenvalue weighted by atomic mass is 10.1. The largest absolute Gasteiger partial charge is 0.474 e. The van der Waals surface area contributed by atoms with Crippen LogP contribution in [0.1, 0.15) is 23.3 Å². The Bertz CT molecular complexity index is 1190. The molecule has 1 unspecified atom stereocenters. The quantitative estimate of drug-likeness (QED) is 0.390. The zero-order valence-electron chi connectivity index (χ0n) is 14.3. The molecular formula is C17H12FN5O4S. The Morgan fingerprint density at radius 2 is 2.29 bits per heavy atom. The maximum atomic E-state index is 14.0. The Labute approximate surface area is 160 Å². The molecule has 0 spiro atoms. The summed E-state index contributed by atoms with van der Waals surface area (Å²) in [6, 6.07) is 6.56. The van der Waals surface area contributed by atoms with E-state index in [1.807, 2.05) is 0 Å². The van der Waals surface area contributed by atoms with E-state index in [-0.39, 0.29) is 16.3 Å². The average molecular weight is 401 g/mol. The van der Waals surface area contributed by atoms with Gasteiger partial charge in [0.1, 0.15) is 18.7 Å². The maximum absolute atomic E-state index is 14.0. The van der Waals surface area contributed by atoms with Gasteiger partial charge >= 0.3 is 4.87 Å². The van der Waals surface area contributed by atoms with E-state index in [0.717, 1.165) is 28.6 Å². The SMILES string of the molecule is CO/N=C/c1cc(C(Oc2ccc3[nH]c(=O)sc3c2)c2nnco2)ncc1F. The fourth-order valence-electron chi connectivity index (χ4n) is 2.49. The summed E-state index contributed by atoms with van der Waals surface area (Å²) in [6.45, 7) is 0. The zero-order chi connectivity index (χ0) is 19.5. The van der Waals surface area contributed by atoms with Crippen LogP contribution in [0.25, 0.3) is 10.2 Å². The number of aromatic nitrogens is 4. The van der Waals surface area contributed by atoms with Gasteiger partial charge in [-0.25, -0.2) is 4.39 Å². The minimum Gasteiger partial charge on any atom is -0.474 e. The van der Waals surface area contributed by atoms with E-state index in [1.165, 1.54) is 19.4 Å². The summed E-state index contributed by atoms with van der Waals surface area (Å²) in [5, 5.41) is 11.1. The summed E-state index contributed by atoms with van der Waals surface area (Å²) in [5.74, 6) is 0.00706. The molecule has 4 rings (SSSR count). The van der Waals surface area contributed by atoms with Crippen molar-refractivity contribution in [3.8, 4) is 5.75 Å². The van der Waals surface area contributed by atoms with Gasteiger partial charge in [-0.1, -0.05) is 16.5 Å². The van der Waals surface area contributed by atoms with Gasteiger partial charge < -0.3 is 19.0 Å². The highest BCUT2D eigenvalue weighted by Crippen LogP contribution is 2.29. The summed E-state index contributed by atoms with van der Waals surface area (Å²) >= 11 is 1.06. The average Bonchev–Trinajstić information content (AvgIpc) is 3.34. The Morgan fingerprint density at radius 3 is 3.07 bits per heavy atom. The lowest BCUT2D eigenvalue weighted by Gasteiger charge is -2.16. The van der Waals surface area contributed by atoms with Crippen molar-refractivity contribution in [2.45, 2.75) is 6.10 Å². The molecule has 0 fully saturated rings. The molecule has 4 aromatic rings. The van der Waals surface area contributed by atoms with E-state index in [4.69, 9.17) is 9.15 Å². The van der Waals surface area contributed by atoms with Crippen LogP contribution in [-0.4, -0.2) is 33.5 Å².